The minimum Gasteiger partial charge on any atom is -0.477 e. The van der Waals surface area contributed by atoms with Crippen LogP contribution in [0.3, 0.4) is 0 Å². The Balaban J connectivity index is 4.30. The van der Waals surface area contributed by atoms with Gasteiger partial charge in [0.1, 0.15) is 13.2 Å². The number of carbonyl (C=O) groups excluding carboxylic acids is 2. The topological polar surface area (TPSA) is 108 Å². The fraction of sp³-hybridized carbons (Fsp3) is 0.904. The molecule has 0 aliphatic heterocycles. The number of aliphatic carboxylic acids is 1. The molecule has 0 saturated carbocycles. The summed E-state index contributed by atoms with van der Waals surface area (Å²) in [5.41, 5.74) is 0. The molecular formula is C52H100NO8+. The van der Waals surface area contributed by atoms with Crippen LogP contribution >= 0.6 is 0 Å². The van der Waals surface area contributed by atoms with E-state index in [1.165, 1.54) is 180 Å². The Morgan fingerprint density at radius 3 is 1.21 bits per heavy atom. The highest BCUT2D eigenvalue weighted by atomic mass is 16.7. The number of likely N-dealkylation sites (N-methyl/N-ethyl adjacent to an activating group) is 1. The van der Waals surface area contributed by atoms with Crippen molar-refractivity contribution in [3.05, 3.63) is 12.2 Å². The average molecular weight is 867 g/mol. The van der Waals surface area contributed by atoms with Crippen molar-refractivity contribution in [1.29, 1.82) is 0 Å². The quantitative estimate of drug-likeness (QED) is 0.0212. The van der Waals surface area contributed by atoms with Crippen molar-refractivity contribution in [3.63, 3.8) is 0 Å². The van der Waals surface area contributed by atoms with Crippen LogP contribution < -0.4 is 0 Å². The predicted octanol–water partition coefficient (Wildman–Crippen LogP) is 14.2. The number of carboxylic acid groups (broad SMARTS) is 1. The van der Waals surface area contributed by atoms with Gasteiger partial charge in [0.05, 0.1) is 34.4 Å². The number of unbranched alkanes of at least 4 members (excludes halogenated alkanes) is 31. The van der Waals surface area contributed by atoms with Gasteiger partial charge in [-0.25, -0.2) is 4.79 Å². The van der Waals surface area contributed by atoms with E-state index in [0.717, 1.165) is 38.5 Å². The highest BCUT2D eigenvalue weighted by Crippen LogP contribution is 2.16. The molecule has 9 nitrogen and oxygen atoms in total. The summed E-state index contributed by atoms with van der Waals surface area (Å²) in [6, 6.07) is 0. The van der Waals surface area contributed by atoms with Crippen molar-refractivity contribution in [1.82, 2.24) is 0 Å². The molecule has 0 spiro atoms. The second kappa shape index (κ2) is 44.6. The summed E-state index contributed by atoms with van der Waals surface area (Å²) >= 11 is 0. The van der Waals surface area contributed by atoms with Gasteiger partial charge in [0.25, 0.3) is 6.29 Å². The van der Waals surface area contributed by atoms with Gasteiger partial charge in [-0.3, -0.25) is 9.59 Å². The maximum Gasteiger partial charge on any atom is 0.361 e. The lowest BCUT2D eigenvalue weighted by atomic mass is 10.0. The SMILES string of the molecule is CCCCCCCCCC/C=C\CCCCCCCCCCCC(=O)OC(COC(=O)CCCCCCCCCCCCCCCCC)COC(OCC[N+](C)(C)C)C(=O)O. The van der Waals surface area contributed by atoms with Crippen molar-refractivity contribution in [2.45, 2.75) is 257 Å². The highest BCUT2D eigenvalue weighted by Gasteiger charge is 2.25. The van der Waals surface area contributed by atoms with Crippen molar-refractivity contribution >= 4 is 17.9 Å². The molecule has 0 aromatic carbocycles. The van der Waals surface area contributed by atoms with Crippen LogP contribution in [0.5, 0.6) is 0 Å². The Bertz CT molecular complexity index is 1010. The third-order valence-electron chi connectivity index (χ3n) is 11.5. The summed E-state index contributed by atoms with van der Waals surface area (Å²) in [7, 11) is 5.97. The maximum absolute atomic E-state index is 12.8. The number of esters is 2. The average Bonchev–Trinajstić information content (AvgIpc) is 3.22. The van der Waals surface area contributed by atoms with Gasteiger partial charge in [-0.15, -0.1) is 0 Å². The molecule has 61 heavy (non-hydrogen) atoms. The van der Waals surface area contributed by atoms with Crippen LogP contribution in [0.1, 0.15) is 245 Å². The van der Waals surface area contributed by atoms with E-state index in [1.54, 1.807) is 0 Å². The number of quaternary nitrogens is 1. The van der Waals surface area contributed by atoms with Crippen molar-refractivity contribution in [2.75, 3.05) is 47.5 Å². The lowest BCUT2D eigenvalue weighted by Crippen LogP contribution is -2.40. The summed E-state index contributed by atoms with van der Waals surface area (Å²) in [4.78, 5) is 37.2. The summed E-state index contributed by atoms with van der Waals surface area (Å²) in [6.45, 7) is 4.91. The van der Waals surface area contributed by atoms with E-state index in [9.17, 15) is 19.5 Å². The lowest BCUT2D eigenvalue weighted by molar-refractivity contribution is -0.870. The Labute approximate surface area is 376 Å². The van der Waals surface area contributed by atoms with Crippen LogP contribution in [0.25, 0.3) is 0 Å². The molecule has 1 N–H and O–H groups in total. The molecule has 0 aromatic rings. The number of nitrogens with zero attached hydrogens (tertiary/aromatic N) is 1. The van der Waals surface area contributed by atoms with Gasteiger partial charge in [-0.2, -0.15) is 0 Å². The number of allylic oxidation sites excluding steroid dienone is 2. The molecule has 0 saturated heterocycles. The number of ether oxygens (including phenoxy) is 4. The van der Waals surface area contributed by atoms with Crippen molar-refractivity contribution < 1.29 is 42.9 Å². The van der Waals surface area contributed by atoms with E-state index in [0.29, 0.717) is 17.4 Å². The molecule has 0 aliphatic rings. The third-order valence-corrected chi connectivity index (χ3v) is 11.5. The predicted molar refractivity (Wildman–Crippen MR) is 254 cm³/mol. The molecule has 9 heteroatoms. The molecule has 0 aromatic heterocycles. The first-order chi connectivity index (χ1) is 29.6. The van der Waals surface area contributed by atoms with Gasteiger partial charge in [0.2, 0.25) is 0 Å². The molecule has 0 bridgehead atoms. The van der Waals surface area contributed by atoms with Gasteiger partial charge in [-0.1, -0.05) is 206 Å². The molecular weight excluding hydrogens is 767 g/mol. The van der Waals surface area contributed by atoms with E-state index in [-0.39, 0.29) is 32.2 Å². The zero-order valence-corrected chi connectivity index (χ0v) is 40.8. The van der Waals surface area contributed by atoms with E-state index in [4.69, 9.17) is 18.9 Å². The minimum atomic E-state index is -1.50. The van der Waals surface area contributed by atoms with E-state index >= 15 is 0 Å². The summed E-state index contributed by atoms with van der Waals surface area (Å²) in [6.07, 6.45) is 45.5. The Kier molecular flexibility index (Phi) is 43.2. The first-order valence-electron chi connectivity index (χ1n) is 25.9. The molecule has 0 amide bonds. The minimum absolute atomic E-state index is 0.176. The number of hydrogen-bond acceptors (Lipinski definition) is 7. The van der Waals surface area contributed by atoms with Crippen LogP contribution in [-0.4, -0.2) is 87.4 Å². The molecule has 0 heterocycles. The second-order valence-corrected chi connectivity index (χ2v) is 18.8. The Hall–Kier alpha value is -1.97. The molecule has 0 radical (unpaired) electrons. The van der Waals surface area contributed by atoms with Crippen LogP contribution in [0.15, 0.2) is 12.2 Å². The number of carbonyl (C=O) groups is 3. The summed E-state index contributed by atoms with van der Waals surface area (Å²) < 4.78 is 22.8. The maximum atomic E-state index is 12.8. The van der Waals surface area contributed by atoms with E-state index in [1.807, 2.05) is 21.1 Å². The number of rotatable bonds is 48. The van der Waals surface area contributed by atoms with Gasteiger partial charge in [0.15, 0.2) is 6.10 Å². The van der Waals surface area contributed by atoms with Crippen LogP contribution in [-0.2, 0) is 33.3 Å². The molecule has 0 aliphatic carbocycles. The van der Waals surface area contributed by atoms with Gasteiger partial charge < -0.3 is 28.5 Å². The highest BCUT2D eigenvalue weighted by molar-refractivity contribution is 5.71. The molecule has 0 rings (SSSR count). The standard InChI is InChI=1S/C52H99NO8/c1-6-8-10-12-14-16-18-20-22-23-24-25-26-27-29-31-33-35-37-39-41-43-50(55)61-48(47-60-52(51(56)57)58-45-44-53(3,4)5)46-59-49(54)42-40-38-36-34-32-30-28-21-19-17-15-13-11-9-7-2/h23-24,48,52H,6-22,25-47H2,1-5H3/p+1/b24-23-. The van der Waals surface area contributed by atoms with Crippen LogP contribution in [0.2, 0.25) is 0 Å². The Morgan fingerprint density at radius 2 is 0.836 bits per heavy atom. The first-order valence-corrected chi connectivity index (χ1v) is 25.9. The molecule has 2 unspecified atom stereocenters. The lowest BCUT2D eigenvalue weighted by Gasteiger charge is -2.25. The molecule has 360 valence electrons. The molecule has 2 atom stereocenters. The van der Waals surface area contributed by atoms with Crippen molar-refractivity contribution in [3.8, 4) is 0 Å². The van der Waals surface area contributed by atoms with Gasteiger partial charge in [-0.05, 0) is 38.5 Å². The van der Waals surface area contributed by atoms with Gasteiger partial charge in [0, 0.05) is 12.8 Å². The fourth-order valence-corrected chi connectivity index (χ4v) is 7.48. The van der Waals surface area contributed by atoms with Crippen LogP contribution in [0, 0.1) is 0 Å². The molecule has 0 fully saturated rings. The number of carboxylic acids is 1. The van der Waals surface area contributed by atoms with E-state index < -0.39 is 24.3 Å². The smallest absolute Gasteiger partial charge is 0.361 e. The monoisotopic (exact) mass is 867 g/mol. The second-order valence-electron chi connectivity index (χ2n) is 18.8. The zero-order valence-electron chi connectivity index (χ0n) is 40.8. The van der Waals surface area contributed by atoms with Crippen molar-refractivity contribution in [2.24, 2.45) is 0 Å². The summed E-state index contributed by atoms with van der Waals surface area (Å²) in [5, 5.41) is 9.66. The third kappa shape index (κ3) is 45.9. The number of hydrogen-bond donors (Lipinski definition) is 1. The Morgan fingerprint density at radius 1 is 0.475 bits per heavy atom. The summed E-state index contributed by atoms with van der Waals surface area (Å²) in [5.74, 6) is -1.99. The first kappa shape index (κ1) is 59.0. The largest absolute Gasteiger partial charge is 0.477 e. The normalized spacial score (nSPS) is 12.9. The van der Waals surface area contributed by atoms with Crippen LogP contribution in [0.4, 0.5) is 0 Å². The fourth-order valence-electron chi connectivity index (χ4n) is 7.48. The zero-order chi connectivity index (χ0) is 44.9. The van der Waals surface area contributed by atoms with E-state index in [2.05, 4.69) is 26.0 Å². The van der Waals surface area contributed by atoms with Gasteiger partial charge >= 0.3 is 17.9 Å².